The van der Waals surface area contributed by atoms with E-state index in [1.54, 1.807) is 0 Å². The fourth-order valence-corrected chi connectivity index (χ4v) is 15.6. The van der Waals surface area contributed by atoms with Crippen molar-refractivity contribution in [3.8, 4) is 0 Å². The fourth-order valence-electron chi connectivity index (χ4n) is 14.0. The summed E-state index contributed by atoms with van der Waals surface area (Å²) < 4.78 is 69.0. The van der Waals surface area contributed by atoms with E-state index < -0.39 is 97.5 Å². The van der Waals surface area contributed by atoms with Gasteiger partial charge < -0.3 is 33.8 Å². The Morgan fingerprint density at radius 2 is 0.468 bits per heavy atom. The highest BCUT2D eigenvalue weighted by molar-refractivity contribution is 7.47. The van der Waals surface area contributed by atoms with E-state index in [2.05, 4.69) is 48.5 Å². The summed E-state index contributed by atoms with van der Waals surface area (Å²) >= 11 is 0. The highest BCUT2D eigenvalue weighted by atomic mass is 31.2. The quantitative estimate of drug-likeness (QED) is 0.0222. The highest BCUT2D eigenvalue weighted by Gasteiger charge is 2.31. The van der Waals surface area contributed by atoms with E-state index in [4.69, 9.17) is 37.0 Å². The summed E-state index contributed by atoms with van der Waals surface area (Å²) in [5.41, 5.74) is 0. The van der Waals surface area contributed by atoms with Crippen molar-refractivity contribution in [3.63, 3.8) is 0 Å². The van der Waals surface area contributed by atoms with Crippen LogP contribution >= 0.6 is 15.6 Å². The maximum Gasteiger partial charge on any atom is 0.472 e. The van der Waals surface area contributed by atoms with Gasteiger partial charge in [-0.15, -0.1) is 0 Å². The lowest BCUT2D eigenvalue weighted by molar-refractivity contribution is -0.161. The molecule has 0 aliphatic heterocycles. The van der Waals surface area contributed by atoms with Crippen molar-refractivity contribution in [2.75, 3.05) is 39.6 Å². The van der Waals surface area contributed by atoms with E-state index in [0.717, 1.165) is 108 Å². The van der Waals surface area contributed by atoms with Gasteiger partial charge >= 0.3 is 39.5 Å². The number of carbonyl (C=O) groups is 4. The Bertz CT molecular complexity index is 2100. The molecule has 0 aliphatic rings. The monoisotopic (exact) mass is 1590 g/mol. The van der Waals surface area contributed by atoms with Gasteiger partial charge in [-0.1, -0.05) is 427 Å². The molecule has 6 atom stereocenters. The SMILES string of the molecule is CCCCCCCCCCCCCCCCCCCCCCCC(=O)OC[C@H](COP(=O)(O)OC[C@@H](O)COP(=O)(O)OC[C@@H](COC(=O)CCCCCCCCC(C)C)OC(=O)CCCCCCCCCCCCCCCCC(C)CC)OC(=O)CCCCCCCCCCCCCCCCCCCCC(C)C. The molecule has 3 unspecified atom stereocenters. The number of phosphoric acid groups is 2. The minimum Gasteiger partial charge on any atom is -0.462 e. The van der Waals surface area contributed by atoms with E-state index in [9.17, 15) is 43.2 Å². The second-order valence-electron chi connectivity index (χ2n) is 33.5. The molecule has 0 saturated heterocycles. The Morgan fingerprint density at radius 1 is 0.266 bits per heavy atom. The van der Waals surface area contributed by atoms with Crippen molar-refractivity contribution in [3.05, 3.63) is 0 Å². The Balaban J connectivity index is 5.20. The van der Waals surface area contributed by atoms with Crippen LogP contribution in [-0.2, 0) is 65.4 Å². The minimum absolute atomic E-state index is 0.107. The largest absolute Gasteiger partial charge is 0.472 e. The second-order valence-corrected chi connectivity index (χ2v) is 36.4. The van der Waals surface area contributed by atoms with Crippen LogP contribution in [0.4, 0.5) is 0 Å². The Kier molecular flexibility index (Phi) is 78.5. The van der Waals surface area contributed by atoms with E-state index >= 15 is 0 Å². The van der Waals surface area contributed by atoms with E-state index in [-0.39, 0.29) is 25.7 Å². The molecule has 17 nitrogen and oxygen atoms in total. The molecule has 648 valence electrons. The molecule has 3 N–H and O–H groups in total. The molecule has 19 heteroatoms. The number of esters is 4. The molecule has 0 radical (unpaired) electrons. The summed E-state index contributed by atoms with van der Waals surface area (Å²) in [4.78, 5) is 73.3. The van der Waals surface area contributed by atoms with E-state index in [1.807, 2.05) is 0 Å². The lowest BCUT2D eigenvalue weighted by atomic mass is 9.99. The number of aliphatic hydroxyl groups excluding tert-OH is 1. The molecular weight excluding hydrogens is 1410 g/mol. The highest BCUT2D eigenvalue weighted by Crippen LogP contribution is 2.45. The van der Waals surface area contributed by atoms with Gasteiger partial charge in [-0.25, -0.2) is 9.13 Å². The first-order chi connectivity index (χ1) is 52.8. The van der Waals surface area contributed by atoms with Gasteiger partial charge in [0.15, 0.2) is 12.2 Å². The van der Waals surface area contributed by atoms with Crippen LogP contribution in [0.2, 0.25) is 0 Å². The average molecular weight is 1590 g/mol. The third-order valence-electron chi connectivity index (χ3n) is 21.5. The van der Waals surface area contributed by atoms with Crippen LogP contribution < -0.4 is 0 Å². The lowest BCUT2D eigenvalue weighted by Crippen LogP contribution is -2.30. The van der Waals surface area contributed by atoms with Crippen LogP contribution in [0.25, 0.3) is 0 Å². The number of carbonyl (C=O) groups excluding carboxylic acids is 4. The van der Waals surface area contributed by atoms with E-state index in [0.29, 0.717) is 31.6 Å². The van der Waals surface area contributed by atoms with Crippen LogP contribution in [0.15, 0.2) is 0 Å². The Morgan fingerprint density at radius 3 is 0.697 bits per heavy atom. The summed E-state index contributed by atoms with van der Waals surface area (Å²) in [6.07, 6.45) is 72.5. The van der Waals surface area contributed by atoms with Gasteiger partial charge in [-0.2, -0.15) is 0 Å². The van der Waals surface area contributed by atoms with Crippen LogP contribution in [0.5, 0.6) is 0 Å². The van der Waals surface area contributed by atoms with Crippen molar-refractivity contribution in [1.29, 1.82) is 0 Å². The van der Waals surface area contributed by atoms with Crippen molar-refractivity contribution in [2.24, 2.45) is 17.8 Å². The van der Waals surface area contributed by atoms with Crippen LogP contribution in [0, 0.1) is 17.8 Å². The van der Waals surface area contributed by atoms with Gasteiger partial charge in [-0.05, 0) is 43.4 Å². The number of phosphoric ester groups is 2. The Hall–Kier alpha value is -1.94. The van der Waals surface area contributed by atoms with Gasteiger partial charge in [0.1, 0.15) is 19.3 Å². The van der Waals surface area contributed by atoms with Gasteiger partial charge in [0.2, 0.25) is 0 Å². The molecule has 109 heavy (non-hydrogen) atoms. The molecule has 0 saturated carbocycles. The summed E-state index contributed by atoms with van der Waals surface area (Å²) in [6.45, 7) is 12.0. The van der Waals surface area contributed by atoms with Crippen molar-refractivity contribution in [1.82, 2.24) is 0 Å². The number of hydrogen-bond acceptors (Lipinski definition) is 15. The molecule has 0 aromatic rings. The normalized spacial score (nSPS) is 14.1. The summed E-state index contributed by atoms with van der Waals surface area (Å²) in [5, 5.41) is 10.7. The van der Waals surface area contributed by atoms with Gasteiger partial charge in [-0.3, -0.25) is 37.3 Å². The number of aliphatic hydroxyl groups is 1. The minimum atomic E-state index is -4.97. The van der Waals surface area contributed by atoms with Crippen LogP contribution in [-0.4, -0.2) is 96.7 Å². The zero-order valence-corrected chi connectivity index (χ0v) is 73.8. The summed E-state index contributed by atoms with van der Waals surface area (Å²) in [6, 6.07) is 0. The number of unbranched alkanes of at least 4 members (excludes halogenated alkanes) is 55. The first-order valence-corrected chi connectivity index (χ1v) is 49.4. The average Bonchev–Trinajstić information content (AvgIpc) is 0.902. The van der Waals surface area contributed by atoms with E-state index in [1.165, 1.54) is 283 Å². The molecule has 0 aromatic heterocycles. The molecule has 0 aliphatic carbocycles. The fraction of sp³-hybridized carbons (Fsp3) is 0.956. The van der Waals surface area contributed by atoms with Gasteiger partial charge in [0.05, 0.1) is 26.4 Å². The van der Waals surface area contributed by atoms with Crippen molar-refractivity contribution >= 4 is 39.5 Å². The maximum atomic E-state index is 13.2. The zero-order chi connectivity index (χ0) is 80.0. The van der Waals surface area contributed by atoms with Crippen molar-refractivity contribution < 1.29 is 80.2 Å². The summed E-state index contributed by atoms with van der Waals surface area (Å²) in [7, 11) is -9.93. The Labute approximate surface area is 670 Å². The topological polar surface area (TPSA) is 237 Å². The van der Waals surface area contributed by atoms with Crippen LogP contribution in [0.3, 0.4) is 0 Å². The molecule has 0 amide bonds. The number of ether oxygens (including phenoxy) is 4. The summed E-state index contributed by atoms with van der Waals surface area (Å²) in [5.74, 6) is 0.242. The number of hydrogen-bond donors (Lipinski definition) is 3. The maximum absolute atomic E-state index is 13.2. The number of rotatable bonds is 88. The third kappa shape index (κ3) is 82.4. The predicted octanol–water partition coefficient (Wildman–Crippen LogP) is 27.6. The molecule has 0 rings (SSSR count). The van der Waals surface area contributed by atoms with Gasteiger partial charge in [0.25, 0.3) is 0 Å². The molecule has 0 spiro atoms. The third-order valence-corrected chi connectivity index (χ3v) is 23.4. The standard InChI is InChI=1S/C90H176O17P2/c1-8-10-11-12-13-14-15-16-17-18-19-20-21-25-28-34-39-44-49-57-64-71-87(92)100-77-85(106-89(94)73-66-59-50-45-40-35-29-26-23-22-24-27-32-37-42-47-54-61-68-81(3)4)79-104-108(96,97)102-75-84(91)76-103-109(98,99)105-80-86(78-101-88(93)72-65-58-53-52-55-62-69-82(5)6)107-90(95)74-67-60-51-46-41-36-31-30-33-38-43-48-56-63-70-83(7)9-2/h81-86,91H,8-80H2,1-7H3,(H,96,97)(H,98,99)/t83?,84-,85-,86-/m1/s1. The smallest absolute Gasteiger partial charge is 0.462 e. The van der Waals surface area contributed by atoms with Crippen LogP contribution in [0.1, 0.15) is 479 Å². The first kappa shape index (κ1) is 107. The molecular formula is C90H176O17P2. The molecule has 0 heterocycles. The van der Waals surface area contributed by atoms with Gasteiger partial charge in [0, 0.05) is 25.7 Å². The van der Waals surface area contributed by atoms with Crippen molar-refractivity contribution in [2.45, 2.75) is 497 Å². The second kappa shape index (κ2) is 79.9. The molecule has 0 aromatic carbocycles. The molecule has 0 bridgehead atoms. The zero-order valence-electron chi connectivity index (χ0n) is 72.0. The predicted molar refractivity (Wildman–Crippen MR) is 451 cm³/mol. The lowest BCUT2D eigenvalue weighted by Gasteiger charge is -2.21. The molecule has 0 fully saturated rings. The first-order valence-electron chi connectivity index (χ1n) is 46.4.